The molecule has 1 aromatic rings. The number of benzene rings is 1. The van der Waals surface area contributed by atoms with Gasteiger partial charge in [-0.1, -0.05) is 31.4 Å². The van der Waals surface area contributed by atoms with Crippen LogP contribution >= 0.6 is 0 Å². The molecule has 0 bridgehead atoms. The number of carbonyl (C=O) groups is 2. The molecule has 0 saturated carbocycles. The predicted octanol–water partition coefficient (Wildman–Crippen LogP) is 4.27. The summed E-state index contributed by atoms with van der Waals surface area (Å²) < 4.78 is 18.8. The summed E-state index contributed by atoms with van der Waals surface area (Å²) in [5.41, 5.74) is 0.0819. The Balaban J connectivity index is 2.04. The number of unbranched alkanes of at least 4 members (excludes halogenated alkanes) is 4. The second-order valence-electron chi connectivity index (χ2n) is 6.84. The summed E-state index contributed by atoms with van der Waals surface area (Å²) in [6.07, 6.45) is 5.12. The van der Waals surface area contributed by atoms with E-state index in [9.17, 15) is 14.0 Å². The van der Waals surface area contributed by atoms with Crippen molar-refractivity contribution in [2.24, 2.45) is 0 Å². The van der Waals surface area contributed by atoms with Crippen molar-refractivity contribution in [1.82, 2.24) is 5.32 Å². The topological polar surface area (TPSA) is 55.4 Å². The van der Waals surface area contributed by atoms with Crippen LogP contribution in [0.3, 0.4) is 0 Å². The van der Waals surface area contributed by atoms with Gasteiger partial charge in [0.2, 0.25) is 8.32 Å². The molecule has 0 aliphatic heterocycles. The van der Waals surface area contributed by atoms with Crippen LogP contribution in [0.1, 0.15) is 48.9 Å². The molecule has 134 valence electrons. The van der Waals surface area contributed by atoms with Gasteiger partial charge < -0.3 is 9.74 Å². The second-order valence-corrected chi connectivity index (χ2v) is 11.3. The lowest BCUT2D eigenvalue weighted by molar-refractivity contribution is -0.135. The molecule has 6 heteroatoms. The fourth-order valence-electron chi connectivity index (χ4n) is 2.26. The number of halogens is 1. The molecule has 1 rings (SSSR count). The third-order valence-corrected chi connectivity index (χ3v) is 4.22. The number of hydrogen-bond acceptors (Lipinski definition) is 3. The van der Waals surface area contributed by atoms with E-state index in [-0.39, 0.29) is 17.4 Å². The average Bonchev–Trinajstić information content (AvgIpc) is 2.48. The zero-order valence-electron chi connectivity index (χ0n) is 14.9. The van der Waals surface area contributed by atoms with Crippen molar-refractivity contribution in [2.75, 3.05) is 6.54 Å². The summed E-state index contributed by atoms with van der Waals surface area (Å²) in [6, 6.07) is 5.96. The van der Waals surface area contributed by atoms with Gasteiger partial charge in [0.05, 0.1) is 5.56 Å². The van der Waals surface area contributed by atoms with E-state index < -0.39 is 14.1 Å². The van der Waals surface area contributed by atoms with Gasteiger partial charge in [0.25, 0.3) is 11.9 Å². The van der Waals surface area contributed by atoms with Gasteiger partial charge in [-0.2, -0.15) is 0 Å². The highest BCUT2D eigenvalue weighted by atomic mass is 28.4. The van der Waals surface area contributed by atoms with Crippen LogP contribution in [0.2, 0.25) is 19.6 Å². The van der Waals surface area contributed by atoms with E-state index >= 15 is 0 Å². The van der Waals surface area contributed by atoms with E-state index in [1.54, 1.807) is 12.1 Å². The van der Waals surface area contributed by atoms with Crippen molar-refractivity contribution < 1.29 is 18.4 Å². The van der Waals surface area contributed by atoms with Gasteiger partial charge >= 0.3 is 0 Å². The van der Waals surface area contributed by atoms with Crippen molar-refractivity contribution in [2.45, 2.75) is 58.2 Å². The predicted molar refractivity (Wildman–Crippen MR) is 95.9 cm³/mol. The zero-order valence-corrected chi connectivity index (χ0v) is 15.9. The summed E-state index contributed by atoms with van der Waals surface area (Å²) >= 11 is 0. The summed E-state index contributed by atoms with van der Waals surface area (Å²) in [5, 5.41) is 2.73. The molecule has 0 radical (unpaired) electrons. The highest BCUT2D eigenvalue weighted by molar-refractivity contribution is 6.71. The summed E-state index contributed by atoms with van der Waals surface area (Å²) in [4.78, 5) is 23.4. The standard InChI is InChI=1S/C18H28FNO3Si/c1-24(2,3)23-17(21)13-7-5-4-6-10-14-20-18(22)15-11-8-9-12-16(15)19/h8-9,11-12H,4-7,10,13-14H2,1-3H3,(H,20,22). The maximum absolute atomic E-state index is 13.4. The van der Waals surface area contributed by atoms with E-state index in [0.29, 0.717) is 13.0 Å². The first-order valence-corrected chi connectivity index (χ1v) is 11.9. The molecule has 1 aromatic carbocycles. The van der Waals surface area contributed by atoms with Gasteiger partial charge in [0.15, 0.2) is 0 Å². The average molecular weight is 354 g/mol. The quantitative estimate of drug-likeness (QED) is 0.505. The Labute approximate surface area is 144 Å². The summed E-state index contributed by atoms with van der Waals surface area (Å²) in [7, 11) is -1.77. The molecule has 24 heavy (non-hydrogen) atoms. The van der Waals surface area contributed by atoms with Crippen molar-refractivity contribution >= 4 is 20.2 Å². The summed E-state index contributed by atoms with van der Waals surface area (Å²) in [6.45, 7) is 6.53. The van der Waals surface area contributed by atoms with Crippen LogP contribution < -0.4 is 5.32 Å². The molecule has 0 aromatic heterocycles. The highest BCUT2D eigenvalue weighted by Crippen LogP contribution is 2.10. The van der Waals surface area contributed by atoms with Crippen LogP contribution in [-0.2, 0) is 9.22 Å². The molecule has 0 saturated heterocycles. The minimum Gasteiger partial charge on any atom is -0.520 e. The molecule has 0 heterocycles. The van der Waals surface area contributed by atoms with Gasteiger partial charge in [0.1, 0.15) is 5.82 Å². The molecule has 0 unspecified atom stereocenters. The molecule has 0 spiro atoms. The highest BCUT2D eigenvalue weighted by Gasteiger charge is 2.19. The number of amides is 1. The third kappa shape index (κ3) is 8.81. The number of rotatable bonds is 10. The molecule has 1 amide bonds. The minimum absolute atomic E-state index is 0.0819. The van der Waals surface area contributed by atoms with E-state index in [4.69, 9.17) is 4.43 Å². The Hall–Kier alpha value is -1.69. The first-order chi connectivity index (χ1) is 11.3. The van der Waals surface area contributed by atoms with E-state index in [1.807, 2.05) is 19.6 Å². The maximum Gasteiger partial charge on any atom is 0.292 e. The lowest BCUT2D eigenvalue weighted by Crippen LogP contribution is -2.28. The third-order valence-electron chi connectivity index (χ3n) is 3.38. The van der Waals surface area contributed by atoms with Gasteiger partial charge in [-0.3, -0.25) is 9.59 Å². The number of hydrogen-bond donors (Lipinski definition) is 1. The number of nitrogens with one attached hydrogen (secondary N) is 1. The second kappa shape index (κ2) is 10.2. The van der Waals surface area contributed by atoms with Crippen LogP contribution in [0.25, 0.3) is 0 Å². The van der Waals surface area contributed by atoms with Crippen molar-refractivity contribution in [1.29, 1.82) is 0 Å². The van der Waals surface area contributed by atoms with Gasteiger partial charge in [-0.05, 0) is 44.6 Å². The van der Waals surface area contributed by atoms with Crippen LogP contribution in [0.5, 0.6) is 0 Å². The molecule has 4 nitrogen and oxygen atoms in total. The lowest BCUT2D eigenvalue weighted by atomic mass is 10.1. The van der Waals surface area contributed by atoms with Crippen LogP contribution in [-0.4, -0.2) is 26.7 Å². The lowest BCUT2D eigenvalue weighted by Gasteiger charge is -2.17. The first kappa shape index (κ1) is 20.4. The molecular weight excluding hydrogens is 325 g/mol. The summed E-state index contributed by atoms with van der Waals surface area (Å²) in [5.74, 6) is -0.964. The van der Waals surface area contributed by atoms with Gasteiger partial charge in [0, 0.05) is 13.0 Å². The molecule has 1 N–H and O–H groups in total. The normalized spacial score (nSPS) is 11.2. The van der Waals surface area contributed by atoms with Crippen LogP contribution in [0.4, 0.5) is 4.39 Å². The molecular formula is C18H28FNO3Si. The Kier molecular flexibility index (Phi) is 8.67. The fraction of sp³-hybridized carbons (Fsp3) is 0.556. The SMILES string of the molecule is C[Si](C)(C)OC(=O)CCCCCCCNC(=O)c1ccccc1F. The Bertz CT molecular complexity index is 543. The van der Waals surface area contributed by atoms with Crippen LogP contribution in [0.15, 0.2) is 24.3 Å². The first-order valence-electron chi connectivity index (χ1n) is 8.54. The molecule has 0 fully saturated rings. The Morgan fingerprint density at radius 1 is 1.04 bits per heavy atom. The van der Waals surface area contributed by atoms with Gasteiger partial charge in [-0.15, -0.1) is 0 Å². The van der Waals surface area contributed by atoms with Crippen molar-refractivity contribution in [3.8, 4) is 0 Å². The van der Waals surface area contributed by atoms with E-state index in [0.717, 1.165) is 32.1 Å². The molecule has 0 atom stereocenters. The zero-order chi connectivity index (χ0) is 18.0. The van der Waals surface area contributed by atoms with Gasteiger partial charge in [-0.25, -0.2) is 4.39 Å². The minimum atomic E-state index is -1.77. The number of carbonyl (C=O) groups excluding carboxylic acids is 2. The Morgan fingerprint density at radius 3 is 2.33 bits per heavy atom. The van der Waals surface area contributed by atoms with E-state index in [2.05, 4.69) is 5.32 Å². The Morgan fingerprint density at radius 2 is 1.67 bits per heavy atom. The molecule has 0 aliphatic carbocycles. The maximum atomic E-state index is 13.4. The van der Waals surface area contributed by atoms with Crippen LogP contribution in [0, 0.1) is 5.82 Å². The van der Waals surface area contributed by atoms with Crippen molar-refractivity contribution in [3.05, 3.63) is 35.6 Å². The van der Waals surface area contributed by atoms with E-state index in [1.165, 1.54) is 12.1 Å². The van der Waals surface area contributed by atoms with Crippen molar-refractivity contribution in [3.63, 3.8) is 0 Å². The smallest absolute Gasteiger partial charge is 0.292 e. The largest absolute Gasteiger partial charge is 0.520 e. The monoisotopic (exact) mass is 353 g/mol. The fourth-order valence-corrected chi connectivity index (χ4v) is 3.04. The molecule has 0 aliphatic rings.